The lowest BCUT2D eigenvalue weighted by atomic mass is 10.1. The molecule has 3 rings (SSSR count). The van der Waals surface area contributed by atoms with E-state index in [1.165, 1.54) is 6.07 Å². The number of halogens is 3. The molecule has 0 spiro atoms. The van der Waals surface area contributed by atoms with Crippen LogP contribution in [0.4, 0.5) is 13.2 Å². The van der Waals surface area contributed by atoms with Crippen LogP contribution in [0.25, 0.3) is 21.9 Å². The van der Waals surface area contributed by atoms with Crippen molar-refractivity contribution < 1.29 is 17.6 Å². The predicted octanol–water partition coefficient (Wildman–Crippen LogP) is 5.20. The van der Waals surface area contributed by atoms with Crippen LogP contribution >= 0.6 is 11.8 Å². The molecule has 0 aliphatic heterocycles. The van der Waals surface area contributed by atoms with Crippen molar-refractivity contribution in [3.63, 3.8) is 0 Å². The molecule has 0 N–H and O–H groups in total. The highest BCUT2D eigenvalue weighted by molar-refractivity contribution is 8.00. The van der Waals surface area contributed by atoms with Crippen LogP contribution in [0, 0.1) is 0 Å². The molecular formula is C13H7F3OS. The van der Waals surface area contributed by atoms with E-state index in [2.05, 4.69) is 0 Å². The van der Waals surface area contributed by atoms with E-state index in [1.807, 2.05) is 12.1 Å². The van der Waals surface area contributed by atoms with Crippen LogP contribution in [0.2, 0.25) is 0 Å². The zero-order chi connectivity index (χ0) is 12.8. The Morgan fingerprint density at radius 2 is 1.61 bits per heavy atom. The molecule has 1 heterocycles. The van der Waals surface area contributed by atoms with Gasteiger partial charge in [-0.3, -0.25) is 0 Å². The summed E-state index contributed by atoms with van der Waals surface area (Å²) in [4.78, 5) is 0.0937. The summed E-state index contributed by atoms with van der Waals surface area (Å²) in [5, 5.41) is 1.54. The standard InChI is InChI=1S/C13H7F3OS/c14-13(15,16)18-11-7-3-5-9-8-4-1-2-6-10(8)17-12(9)11/h1-7H. The Hall–Kier alpha value is -1.62. The number of fused-ring (bicyclic) bond motifs is 3. The van der Waals surface area contributed by atoms with Crippen LogP contribution in [0.15, 0.2) is 51.8 Å². The molecular weight excluding hydrogens is 261 g/mol. The second-order valence-electron chi connectivity index (χ2n) is 3.78. The molecule has 0 aliphatic rings. The molecule has 3 aromatic rings. The first-order valence-corrected chi connectivity index (χ1v) is 6.02. The van der Waals surface area contributed by atoms with Gasteiger partial charge in [0.2, 0.25) is 0 Å². The summed E-state index contributed by atoms with van der Waals surface area (Å²) < 4.78 is 42.8. The largest absolute Gasteiger partial charge is 0.455 e. The molecule has 0 radical (unpaired) electrons. The van der Waals surface area contributed by atoms with Gasteiger partial charge in [-0.05, 0) is 23.9 Å². The van der Waals surface area contributed by atoms with Crippen molar-refractivity contribution in [1.82, 2.24) is 0 Å². The lowest BCUT2D eigenvalue weighted by molar-refractivity contribution is -0.0328. The summed E-state index contributed by atoms with van der Waals surface area (Å²) in [6, 6.07) is 12.0. The normalized spacial score (nSPS) is 12.4. The maximum absolute atomic E-state index is 12.4. The summed E-state index contributed by atoms with van der Waals surface area (Å²) >= 11 is -0.148. The predicted molar refractivity (Wildman–Crippen MR) is 65.6 cm³/mol. The lowest BCUT2D eigenvalue weighted by Gasteiger charge is -2.05. The van der Waals surface area contributed by atoms with Gasteiger partial charge in [-0.2, -0.15) is 13.2 Å². The first-order valence-electron chi connectivity index (χ1n) is 5.20. The Morgan fingerprint density at radius 1 is 0.889 bits per heavy atom. The van der Waals surface area contributed by atoms with E-state index >= 15 is 0 Å². The number of thioether (sulfide) groups is 1. The number of alkyl halides is 3. The van der Waals surface area contributed by atoms with E-state index in [9.17, 15) is 13.2 Å². The van der Waals surface area contributed by atoms with E-state index in [-0.39, 0.29) is 16.7 Å². The van der Waals surface area contributed by atoms with E-state index in [0.29, 0.717) is 16.6 Å². The van der Waals surface area contributed by atoms with Gasteiger partial charge in [-0.15, -0.1) is 0 Å². The summed E-state index contributed by atoms with van der Waals surface area (Å²) in [7, 11) is 0. The molecule has 92 valence electrons. The maximum atomic E-state index is 12.4. The third-order valence-electron chi connectivity index (χ3n) is 2.59. The van der Waals surface area contributed by atoms with Crippen molar-refractivity contribution in [2.75, 3.05) is 0 Å². The Bertz CT molecular complexity index is 715. The van der Waals surface area contributed by atoms with Crippen LogP contribution in [-0.2, 0) is 0 Å². The van der Waals surface area contributed by atoms with Crippen LogP contribution in [-0.4, -0.2) is 5.51 Å². The Labute approximate surface area is 105 Å². The highest BCUT2D eigenvalue weighted by Gasteiger charge is 2.30. The third-order valence-corrected chi connectivity index (χ3v) is 3.37. The molecule has 0 unspecified atom stereocenters. The fourth-order valence-corrected chi connectivity index (χ4v) is 2.57. The minimum Gasteiger partial charge on any atom is -0.455 e. The van der Waals surface area contributed by atoms with Gasteiger partial charge in [0.25, 0.3) is 0 Å². The van der Waals surface area contributed by atoms with E-state index in [0.717, 1.165) is 5.39 Å². The Balaban J connectivity index is 2.28. The Kier molecular flexibility index (Phi) is 2.52. The number of benzene rings is 2. The second kappa shape index (κ2) is 3.95. The van der Waals surface area contributed by atoms with Crippen molar-refractivity contribution in [3.8, 4) is 0 Å². The van der Waals surface area contributed by atoms with Gasteiger partial charge in [0.15, 0.2) is 0 Å². The topological polar surface area (TPSA) is 13.1 Å². The number of hydrogen-bond donors (Lipinski definition) is 0. The molecule has 18 heavy (non-hydrogen) atoms. The highest BCUT2D eigenvalue weighted by Crippen LogP contribution is 2.42. The SMILES string of the molecule is FC(F)(F)Sc1cccc2c1oc1ccccc12. The molecule has 0 atom stereocenters. The lowest BCUT2D eigenvalue weighted by Crippen LogP contribution is -1.98. The summed E-state index contributed by atoms with van der Waals surface area (Å²) in [6.07, 6.45) is 0. The fourth-order valence-electron chi connectivity index (χ4n) is 1.93. The van der Waals surface area contributed by atoms with Crippen LogP contribution in [0.3, 0.4) is 0 Å². The van der Waals surface area contributed by atoms with E-state index in [4.69, 9.17) is 4.42 Å². The highest BCUT2D eigenvalue weighted by atomic mass is 32.2. The van der Waals surface area contributed by atoms with E-state index in [1.54, 1.807) is 24.3 Å². The van der Waals surface area contributed by atoms with Gasteiger partial charge in [-0.1, -0.05) is 30.3 Å². The summed E-state index contributed by atoms with van der Waals surface area (Å²) in [5.41, 5.74) is -3.42. The number of furan rings is 1. The first-order chi connectivity index (χ1) is 8.54. The van der Waals surface area contributed by atoms with Crippen molar-refractivity contribution in [2.24, 2.45) is 0 Å². The smallest absolute Gasteiger partial charge is 0.446 e. The van der Waals surface area contributed by atoms with Gasteiger partial charge in [0.1, 0.15) is 11.2 Å². The van der Waals surface area contributed by atoms with Crippen molar-refractivity contribution in [3.05, 3.63) is 42.5 Å². The minimum atomic E-state index is -4.31. The van der Waals surface area contributed by atoms with Crippen LogP contribution in [0.5, 0.6) is 0 Å². The molecule has 5 heteroatoms. The first kappa shape index (κ1) is 11.5. The Morgan fingerprint density at radius 3 is 2.39 bits per heavy atom. The van der Waals surface area contributed by atoms with Crippen molar-refractivity contribution >= 4 is 33.7 Å². The zero-order valence-electron chi connectivity index (χ0n) is 8.99. The summed E-state index contributed by atoms with van der Waals surface area (Å²) in [6.45, 7) is 0. The average molecular weight is 268 g/mol. The number of para-hydroxylation sites is 2. The average Bonchev–Trinajstić information content (AvgIpc) is 2.67. The van der Waals surface area contributed by atoms with Gasteiger partial charge in [-0.25, -0.2) is 0 Å². The quantitative estimate of drug-likeness (QED) is 0.563. The fraction of sp³-hybridized carbons (Fsp3) is 0.0769. The summed E-state index contributed by atoms with van der Waals surface area (Å²) in [5.74, 6) is 0. The molecule has 1 aromatic heterocycles. The third kappa shape index (κ3) is 1.95. The molecule has 0 saturated heterocycles. The molecule has 0 aliphatic carbocycles. The molecule has 2 aromatic carbocycles. The molecule has 0 fully saturated rings. The molecule has 1 nitrogen and oxygen atoms in total. The van der Waals surface area contributed by atoms with Crippen LogP contribution in [0.1, 0.15) is 0 Å². The van der Waals surface area contributed by atoms with Gasteiger partial charge >= 0.3 is 5.51 Å². The number of rotatable bonds is 1. The maximum Gasteiger partial charge on any atom is 0.446 e. The van der Waals surface area contributed by atoms with Crippen LogP contribution < -0.4 is 0 Å². The second-order valence-corrected chi connectivity index (χ2v) is 4.89. The van der Waals surface area contributed by atoms with Crippen molar-refractivity contribution in [1.29, 1.82) is 0 Å². The monoisotopic (exact) mass is 268 g/mol. The van der Waals surface area contributed by atoms with E-state index < -0.39 is 5.51 Å². The molecule has 0 bridgehead atoms. The number of hydrogen-bond acceptors (Lipinski definition) is 2. The zero-order valence-corrected chi connectivity index (χ0v) is 9.81. The molecule has 0 saturated carbocycles. The van der Waals surface area contributed by atoms with Gasteiger partial charge in [0.05, 0.1) is 4.90 Å². The van der Waals surface area contributed by atoms with Crippen molar-refractivity contribution in [2.45, 2.75) is 10.4 Å². The van der Waals surface area contributed by atoms with Gasteiger partial charge in [0, 0.05) is 10.8 Å². The van der Waals surface area contributed by atoms with Gasteiger partial charge < -0.3 is 4.42 Å². The molecule has 0 amide bonds. The minimum absolute atomic E-state index is 0.0937.